The van der Waals surface area contributed by atoms with E-state index in [4.69, 9.17) is 4.74 Å². The van der Waals surface area contributed by atoms with Crippen molar-refractivity contribution in [2.75, 3.05) is 13.1 Å². The Morgan fingerprint density at radius 1 is 1.17 bits per heavy atom. The van der Waals surface area contributed by atoms with Crippen molar-refractivity contribution < 1.29 is 13.2 Å². The molecule has 23 heavy (non-hydrogen) atoms. The molecule has 1 fully saturated rings. The first-order chi connectivity index (χ1) is 11.1. The van der Waals surface area contributed by atoms with Gasteiger partial charge in [0.05, 0.1) is 12.7 Å². The fraction of sp³-hybridized carbons (Fsp3) is 0.235. The summed E-state index contributed by atoms with van der Waals surface area (Å²) in [6.45, 7) is 0.822. The van der Waals surface area contributed by atoms with Crippen LogP contribution in [-0.4, -0.2) is 36.9 Å². The lowest BCUT2D eigenvalue weighted by atomic mass is 10.2. The summed E-state index contributed by atoms with van der Waals surface area (Å²) in [5.41, 5.74) is 0.860. The minimum Gasteiger partial charge on any atom is -0.487 e. The lowest BCUT2D eigenvalue weighted by Gasteiger charge is -2.15. The van der Waals surface area contributed by atoms with E-state index in [1.807, 2.05) is 36.4 Å². The Morgan fingerprint density at radius 3 is 2.74 bits per heavy atom. The molecule has 0 aliphatic carbocycles. The Labute approximate surface area is 136 Å². The Morgan fingerprint density at radius 2 is 2.00 bits per heavy atom. The van der Waals surface area contributed by atoms with Crippen molar-refractivity contribution in [1.82, 2.24) is 9.29 Å². The fourth-order valence-electron chi connectivity index (χ4n) is 2.45. The van der Waals surface area contributed by atoms with E-state index in [1.165, 1.54) is 9.71 Å². The number of hydrogen-bond acceptors (Lipinski definition) is 4. The zero-order chi connectivity index (χ0) is 16.1. The van der Waals surface area contributed by atoms with Gasteiger partial charge in [-0.25, -0.2) is 8.42 Å². The summed E-state index contributed by atoms with van der Waals surface area (Å²) in [5.74, 6) is 0.663. The van der Waals surface area contributed by atoms with Gasteiger partial charge in [0.1, 0.15) is 11.9 Å². The normalized spacial score (nSPS) is 19.2. The number of nitrogens with zero attached hydrogens (tertiary/aromatic N) is 2. The van der Waals surface area contributed by atoms with Crippen LogP contribution < -0.4 is 4.74 Å². The van der Waals surface area contributed by atoms with Crippen LogP contribution in [0.3, 0.4) is 0 Å². The fourth-order valence-corrected chi connectivity index (χ4v) is 3.68. The van der Waals surface area contributed by atoms with E-state index >= 15 is 0 Å². The van der Waals surface area contributed by atoms with Crippen molar-refractivity contribution >= 4 is 16.1 Å². The molecular weight excluding hydrogens is 312 g/mol. The molecule has 0 saturated carbocycles. The standard InChI is InChI=1S/C17H18N2O3S/c20-23(21,12-9-15-5-2-1-3-6-15)19-11-8-17(14-19)22-16-7-4-10-18-13-16/h1-7,9-10,12-13,17H,8,11,14H2/b12-9+. The third-order valence-corrected chi connectivity index (χ3v) is 5.17. The molecule has 1 unspecified atom stereocenters. The number of aromatic nitrogens is 1. The van der Waals surface area contributed by atoms with Gasteiger partial charge in [-0.15, -0.1) is 0 Å². The summed E-state index contributed by atoms with van der Waals surface area (Å²) in [6, 6.07) is 13.0. The Balaban J connectivity index is 1.62. The Kier molecular flexibility index (Phi) is 4.73. The van der Waals surface area contributed by atoms with Crippen LogP contribution in [-0.2, 0) is 10.0 Å². The molecular formula is C17H18N2O3S. The summed E-state index contributed by atoms with van der Waals surface area (Å²) in [6.07, 6.45) is 5.45. The average Bonchev–Trinajstić information content (AvgIpc) is 3.04. The van der Waals surface area contributed by atoms with Gasteiger partial charge in [-0.1, -0.05) is 30.3 Å². The zero-order valence-corrected chi connectivity index (χ0v) is 13.4. The Hall–Kier alpha value is -2.18. The highest BCUT2D eigenvalue weighted by molar-refractivity contribution is 7.92. The molecule has 1 aromatic carbocycles. The second kappa shape index (κ2) is 6.93. The van der Waals surface area contributed by atoms with Gasteiger partial charge in [0.15, 0.2) is 0 Å². The molecule has 1 atom stereocenters. The third kappa shape index (κ3) is 4.18. The van der Waals surface area contributed by atoms with E-state index in [9.17, 15) is 8.42 Å². The first kappa shape index (κ1) is 15.7. The van der Waals surface area contributed by atoms with Crippen LogP contribution in [0.2, 0.25) is 0 Å². The number of benzene rings is 1. The number of rotatable bonds is 5. The van der Waals surface area contributed by atoms with Gasteiger partial charge in [0.2, 0.25) is 10.0 Å². The highest BCUT2D eigenvalue weighted by Gasteiger charge is 2.31. The number of sulfonamides is 1. The smallest absolute Gasteiger partial charge is 0.236 e. The van der Waals surface area contributed by atoms with Gasteiger partial charge < -0.3 is 4.74 Å². The molecule has 1 aliphatic rings. The van der Waals surface area contributed by atoms with Gasteiger partial charge in [-0.2, -0.15) is 4.31 Å². The molecule has 0 spiro atoms. The summed E-state index contributed by atoms with van der Waals surface area (Å²) >= 11 is 0. The molecule has 1 aliphatic heterocycles. The molecule has 3 rings (SSSR count). The van der Waals surface area contributed by atoms with E-state index in [0.717, 1.165) is 5.56 Å². The summed E-state index contributed by atoms with van der Waals surface area (Å²) in [5, 5.41) is 1.26. The van der Waals surface area contributed by atoms with Gasteiger partial charge in [-0.05, 0) is 30.2 Å². The van der Waals surface area contributed by atoms with Crippen molar-refractivity contribution in [2.24, 2.45) is 0 Å². The molecule has 6 heteroatoms. The lowest BCUT2D eigenvalue weighted by molar-refractivity contribution is 0.215. The molecule has 120 valence electrons. The molecule has 1 saturated heterocycles. The van der Waals surface area contributed by atoms with Gasteiger partial charge in [0.25, 0.3) is 0 Å². The predicted octanol–water partition coefficient (Wildman–Crippen LogP) is 2.54. The quantitative estimate of drug-likeness (QED) is 0.845. The van der Waals surface area contributed by atoms with Crippen molar-refractivity contribution in [3.63, 3.8) is 0 Å². The van der Waals surface area contributed by atoms with Crippen LogP contribution in [0.15, 0.2) is 60.3 Å². The lowest BCUT2D eigenvalue weighted by Crippen LogP contribution is -2.29. The number of pyridine rings is 1. The van der Waals surface area contributed by atoms with E-state index in [0.29, 0.717) is 25.3 Å². The van der Waals surface area contributed by atoms with Gasteiger partial charge in [-0.3, -0.25) is 4.98 Å². The van der Waals surface area contributed by atoms with Crippen LogP contribution in [0.1, 0.15) is 12.0 Å². The molecule has 5 nitrogen and oxygen atoms in total. The summed E-state index contributed by atoms with van der Waals surface area (Å²) in [7, 11) is -3.43. The van der Waals surface area contributed by atoms with Crippen molar-refractivity contribution in [3.8, 4) is 5.75 Å². The van der Waals surface area contributed by atoms with E-state index in [1.54, 1.807) is 24.5 Å². The minimum absolute atomic E-state index is 0.140. The number of hydrogen-bond donors (Lipinski definition) is 0. The SMILES string of the molecule is O=S(=O)(/C=C/c1ccccc1)N1CCC(Oc2cccnc2)C1. The van der Waals surface area contributed by atoms with Crippen LogP contribution in [0.5, 0.6) is 5.75 Å². The maximum absolute atomic E-state index is 12.4. The van der Waals surface area contributed by atoms with Crippen molar-refractivity contribution in [3.05, 3.63) is 65.8 Å². The first-order valence-corrected chi connectivity index (χ1v) is 8.94. The second-order valence-electron chi connectivity index (χ2n) is 5.33. The molecule has 0 bridgehead atoms. The van der Waals surface area contributed by atoms with Crippen LogP contribution in [0.4, 0.5) is 0 Å². The predicted molar refractivity (Wildman–Crippen MR) is 89.2 cm³/mol. The highest BCUT2D eigenvalue weighted by atomic mass is 32.2. The highest BCUT2D eigenvalue weighted by Crippen LogP contribution is 2.20. The maximum atomic E-state index is 12.4. The molecule has 0 amide bonds. The number of ether oxygens (including phenoxy) is 1. The largest absolute Gasteiger partial charge is 0.487 e. The first-order valence-electron chi connectivity index (χ1n) is 7.43. The molecule has 0 N–H and O–H groups in total. The van der Waals surface area contributed by atoms with Crippen LogP contribution >= 0.6 is 0 Å². The molecule has 1 aromatic heterocycles. The summed E-state index contributed by atoms with van der Waals surface area (Å²) in [4.78, 5) is 3.99. The van der Waals surface area contributed by atoms with Crippen LogP contribution in [0, 0.1) is 0 Å². The maximum Gasteiger partial charge on any atom is 0.236 e. The van der Waals surface area contributed by atoms with Crippen LogP contribution in [0.25, 0.3) is 6.08 Å². The van der Waals surface area contributed by atoms with Gasteiger partial charge in [0, 0.05) is 18.1 Å². The molecule has 0 radical (unpaired) electrons. The second-order valence-corrected chi connectivity index (χ2v) is 7.15. The van der Waals surface area contributed by atoms with Crippen molar-refractivity contribution in [2.45, 2.75) is 12.5 Å². The summed E-state index contributed by atoms with van der Waals surface area (Å²) < 4.78 is 32.0. The van der Waals surface area contributed by atoms with E-state index < -0.39 is 10.0 Å². The molecule has 2 aromatic rings. The third-order valence-electron chi connectivity index (χ3n) is 3.64. The van der Waals surface area contributed by atoms with Crippen molar-refractivity contribution in [1.29, 1.82) is 0 Å². The Bertz CT molecular complexity index is 761. The topological polar surface area (TPSA) is 59.5 Å². The monoisotopic (exact) mass is 330 g/mol. The molecule has 2 heterocycles. The van der Waals surface area contributed by atoms with E-state index in [2.05, 4.69) is 4.98 Å². The van der Waals surface area contributed by atoms with E-state index in [-0.39, 0.29) is 6.10 Å². The zero-order valence-electron chi connectivity index (χ0n) is 12.6. The van der Waals surface area contributed by atoms with Gasteiger partial charge >= 0.3 is 0 Å². The minimum atomic E-state index is -3.43. The average molecular weight is 330 g/mol.